The molecule has 27 heavy (non-hydrogen) atoms. The average Bonchev–Trinajstić information content (AvgIpc) is 3.07. The number of aromatic nitrogens is 2. The van der Waals surface area contributed by atoms with Crippen LogP contribution in [-0.4, -0.2) is 48.1 Å². The lowest BCUT2D eigenvalue weighted by molar-refractivity contribution is 0.101. The first-order valence-corrected chi connectivity index (χ1v) is 9.09. The van der Waals surface area contributed by atoms with E-state index in [1.807, 2.05) is 49.5 Å². The Balaban J connectivity index is 1.68. The van der Waals surface area contributed by atoms with E-state index >= 15 is 0 Å². The predicted molar refractivity (Wildman–Crippen MR) is 107 cm³/mol. The zero-order valence-corrected chi connectivity index (χ0v) is 16.1. The van der Waals surface area contributed by atoms with Crippen molar-refractivity contribution in [2.45, 2.75) is 20.1 Å². The topological polar surface area (TPSA) is 70.2 Å². The van der Waals surface area contributed by atoms with E-state index in [0.29, 0.717) is 12.2 Å². The number of hydrogen-bond donors (Lipinski definition) is 2. The van der Waals surface area contributed by atoms with E-state index in [4.69, 9.17) is 4.74 Å². The Bertz CT molecular complexity index is 902. The van der Waals surface area contributed by atoms with Gasteiger partial charge < -0.3 is 10.1 Å². The third-order valence-electron chi connectivity index (χ3n) is 4.54. The molecule has 6 heteroatoms. The first-order valence-electron chi connectivity index (χ1n) is 9.09. The normalized spacial score (nSPS) is 11.3. The molecule has 3 rings (SSSR count). The van der Waals surface area contributed by atoms with Crippen molar-refractivity contribution >= 4 is 16.7 Å². The molecule has 0 aliphatic rings. The standard InChI is InChI=1S/C21H26N4O2/c1-15(26)17-6-4-16(5-7-17)14-27-18-8-9-20-19(12-18)21(24-23-20)13-25(3)11-10-22-2/h4-9,12,22H,10-11,13-14H2,1-3H3,(H,23,24). The van der Waals surface area contributed by atoms with E-state index in [-0.39, 0.29) is 5.78 Å². The minimum atomic E-state index is 0.0695. The van der Waals surface area contributed by atoms with Crippen LogP contribution in [0.15, 0.2) is 42.5 Å². The fourth-order valence-corrected chi connectivity index (χ4v) is 2.90. The zero-order chi connectivity index (χ0) is 19.2. The van der Waals surface area contributed by atoms with Crippen LogP contribution in [0.2, 0.25) is 0 Å². The van der Waals surface area contributed by atoms with Gasteiger partial charge in [0.1, 0.15) is 12.4 Å². The molecule has 0 unspecified atom stereocenters. The molecule has 0 saturated carbocycles. The number of H-pyrrole nitrogens is 1. The maximum atomic E-state index is 11.4. The van der Waals surface area contributed by atoms with Gasteiger partial charge in [-0.3, -0.25) is 14.8 Å². The van der Waals surface area contributed by atoms with Crippen molar-refractivity contribution in [1.29, 1.82) is 0 Å². The van der Waals surface area contributed by atoms with E-state index < -0.39 is 0 Å². The van der Waals surface area contributed by atoms with Crippen LogP contribution in [-0.2, 0) is 13.2 Å². The molecular formula is C21H26N4O2. The Hall–Kier alpha value is -2.70. The van der Waals surface area contributed by atoms with E-state index in [2.05, 4.69) is 27.5 Å². The van der Waals surface area contributed by atoms with Crippen LogP contribution in [0.4, 0.5) is 0 Å². The number of nitrogens with one attached hydrogen (secondary N) is 2. The Labute approximate surface area is 159 Å². The molecular weight excluding hydrogens is 340 g/mol. The maximum Gasteiger partial charge on any atom is 0.159 e. The molecule has 142 valence electrons. The Morgan fingerprint density at radius 2 is 2.00 bits per heavy atom. The van der Waals surface area contributed by atoms with Crippen molar-refractivity contribution in [1.82, 2.24) is 20.4 Å². The molecule has 2 N–H and O–H groups in total. The number of benzene rings is 2. The van der Waals surface area contributed by atoms with Gasteiger partial charge in [-0.25, -0.2) is 0 Å². The molecule has 0 bridgehead atoms. The number of rotatable bonds is 9. The summed E-state index contributed by atoms with van der Waals surface area (Å²) in [4.78, 5) is 13.6. The van der Waals surface area contributed by atoms with Crippen molar-refractivity contribution in [3.05, 3.63) is 59.3 Å². The molecule has 1 aromatic heterocycles. The summed E-state index contributed by atoms with van der Waals surface area (Å²) in [6.07, 6.45) is 0. The minimum absolute atomic E-state index is 0.0695. The summed E-state index contributed by atoms with van der Waals surface area (Å²) >= 11 is 0. The van der Waals surface area contributed by atoms with Crippen LogP contribution in [0.25, 0.3) is 10.9 Å². The first-order chi connectivity index (χ1) is 13.1. The maximum absolute atomic E-state index is 11.4. The highest BCUT2D eigenvalue weighted by atomic mass is 16.5. The summed E-state index contributed by atoms with van der Waals surface area (Å²) in [7, 11) is 4.04. The third-order valence-corrected chi connectivity index (χ3v) is 4.54. The van der Waals surface area contributed by atoms with Crippen molar-refractivity contribution in [3.8, 4) is 5.75 Å². The molecule has 0 fully saturated rings. The molecule has 0 aliphatic heterocycles. The number of hydrogen-bond acceptors (Lipinski definition) is 5. The molecule has 0 amide bonds. The fourth-order valence-electron chi connectivity index (χ4n) is 2.90. The van der Waals surface area contributed by atoms with Crippen molar-refractivity contribution < 1.29 is 9.53 Å². The quantitative estimate of drug-likeness (QED) is 0.570. The summed E-state index contributed by atoms with van der Waals surface area (Å²) in [5, 5.41) is 11.8. The second-order valence-electron chi connectivity index (χ2n) is 6.76. The molecule has 0 spiro atoms. The van der Waals surface area contributed by atoms with Gasteiger partial charge in [0.05, 0.1) is 11.2 Å². The van der Waals surface area contributed by atoms with Crippen molar-refractivity contribution in [2.75, 3.05) is 27.2 Å². The van der Waals surface area contributed by atoms with Crippen LogP contribution < -0.4 is 10.1 Å². The Kier molecular flexibility index (Phi) is 6.21. The summed E-state index contributed by atoms with van der Waals surface area (Å²) < 4.78 is 5.94. The van der Waals surface area contributed by atoms with Gasteiger partial charge in [-0.15, -0.1) is 0 Å². The van der Waals surface area contributed by atoms with E-state index in [0.717, 1.165) is 47.5 Å². The summed E-state index contributed by atoms with van der Waals surface area (Å²) in [6.45, 7) is 4.70. The van der Waals surface area contributed by atoms with E-state index in [1.165, 1.54) is 0 Å². The number of fused-ring (bicyclic) bond motifs is 1. The van der Waals surface area contributed by atoms with Gasteiger partial charge in [0.2, 0.25) is 0 Å². The highest BCUT2D eigenvalue weighted by Crippen LogP contribution is 2.23. The molecule has 1 heterocycles. The highest BCUT2D eigenvalue weighted by Gasteiger charge is 2.10. The van der Waals surface area contributed by atoms with Crippen molar-refractivity contribution in [2.24, 2.45) is 0 Å². The number of carbonyl (C=O) groups is 1. The van der Waals surface area contributed by atoms with Gasteiger partial charge in [0.25, 0.3) is 0 Å². The SMILES string of the molecule is CNCCN(C)Cc1n[nH]c2ccc(OCc3ccc(C(C)=O)cc3)cc12. The zero-order valence-electron chi connectivity index (χ0n) is 16.1. The number of ether oxygens (including phenoxy) is 1. The van der Waals surface area contributed by atoms with Gasteiger partial charge in [0.15, 0.2) is 5.78 Å². The lowest BCUT2D eigenvalue weighted by Crippen LogP contribution is -2.27. The average molecular weight is 366 g/mol. The fraction of sp³-hybridized carbons (Fsp3) is 0.333. The monoisotopic (exact) mass is 366 g/mol. The van der Waals surface area contributed by atoms with Crippen LogP contribution in [0, 0.1) is 0 Å². The number of aromatic amines is 1. The third kappa shape index (κ3) is 4.93. The number of nitrogens with zero attached hydrogens (tertiary/aromatic N) is 2. The molecule has 2 aromatic carbocycles. The number of carbonyl (C=O) groups excluding carboxylic acids is 1. The summed E-state index contributed by atoms with van der Waals surface area (Å²) in [5.74, 6) is 0.874. The van der Waals surface area contributed by atoms with E-state index in [9.17, 15) is 4.79 Å². The second kappa shape index (κ2) is 8.79. The van der Waals surface area contributed by atoms with Crippen molar-refractivity contribution in [3.63, 3.8) is 0 Å². The molecule has 0 aliphatic carbocycles. The van der Waals surface area contributed by atoms with Crippen LogP contribution >= 0.6 is 0 Å². The molecule has 0 atom stereocenters. The lowest BCUT2D eigenvalue weighted by Gasteiger charge is -2.15. The lowest BCUT2D eigenvalue weighted by atomic mass is 10.1. The van der Waals surface area contributed by atoms with Gasteiger partial charge >= 0.3 is 0 Å². The Morgan fingerprint density at radius 3 is 2.70 bits per heavy atom. The number of Topliss-reactive ketones (excluding diaryl/α,β-unsaturated/α-hetero) is 1. The van der Waals surface area contributed by atoms with Crippen LogP contribution in [0.3, 0.4) is 0 Å². The molecule has 3 aromatic rings. The van der Waals surface area contributed by atoms with E-state index in [1.54, 1.807) is 6.92 Å². The van der Waals surface area contributed by atoms with Gasteiger partial charge in [-0.2, -0.15) is 5.10 Å². The van der Waals surface area contributed by atoms with Crippen LogP contribution in [0.1, 0.15) is 28.5 Å². The Morgan fingerprint density at radius 1 is 1.22 bits per heavy atom. The molecule has 0 saturated heterocycles. The predicted octanol–water partition coefficient (Wildman–Crippen LogP) is 3.00. The van der Waals surface area contributed by atoms with Crippen LogP contribution in [0.5, 0.6) is 5.75 Å². The van der Waals surface area contributed by atoms with Gasteiger partial charge in [-0.05, 0) is 44.8 Å². The number of likely N-dealkylation sites (N-methyl/N-ethyl adjacent to an activating group) is 2. The largest absolute Gasteiger partial charge is 0.489 e. The molecule has 0 radical (unpaired) electrons. The second-order valence-corrected chi connectivity index (χ2v) is 6.76. The molecule has 6 nitrogen and oxygen atoms in total. The number of ketones is 1. The summed E-state index contributed by atoms with van der Waals surface area (Å²) in [5.41, 5.74) is 3.76. The minimum Gasteiger partial charge on any atom is -0.489 e. The van der Waals surface area contributed by atoms with Gasteiger partial charge in [-0.1, -0.05) is 24.3 Å². The smallest absolute Gasteiger partial charge is 0.159 e. The first kappa shape index (κ1) is 19.1. The highest BCUT2D eigenvalue weighted by molar-refractivity contribution is 5.94. The van der Waals surface area contributed by atoms with Gasteiger partial charge in [0, 0.05) is 30.6 Å². The summed E-state index contributed by atoms with van der Waals surface area (Å²) in [6, 6.07) is 13.5.